The molecule has 0 rings (SSSR count). The highest BCUT2D eigenvalue weighted by molar-refractivity contribution is 5.46. The summed E-state index contributed by atoms with van der Waals surface area (Å²) in [6.45, 7) is 1.49. The molecule has 16 heavy (non-hydrogen) atoms. The number of alkyl halides is 3. The highest BCUT2D eigenvalue weighted by Crippen LogP contribution is 2.30. The Morgan fingerprint density at radius 3 is 2.38 bits per heavy atom. The smallest absolute Gasteiger partial charge is 0.384 e. The maximum absolute atomic E-state index is 12.5. The van der Waals surface area contributed by atoms with Crippen molar-refractivity contribution in [2.24, 2.45) is 5.92 Å². The van der Waals surface area contributed by atoms with Gasteiger partial charge in [-0.1, -0.05) is 6.92 Å². The third-order valence-electron chi connectivity index (χ3n) is 2.49. The molecule has 0 saturated heterocycles. The average molecular weight is 241 g/mol. The molecule has 0 saturated carbocycles. The first-order valence-electron chi connectivity index (χ1n) is 5.21. The van der Waals surface area contributed by atoms with Gasteiger partial charge in [-0.15, -0.1) is 0 Å². The number of hydrogen-bond acceptors (Lipinski definition) is 2. The van der Waals surface area contributed by atoms with E-state index in [0.717, 1.165) is 0 Å². The van der Waals surface area contributed by atoms with E-state index >= 15 is 0 Å². The van der Waals surface area contributed by atoms with Crippen molar-refractivity contribution in [1.29, 1.82) is 0 Å². The normalized spacial score (nSPS) is 15.6. The van der Waals surface area contributed by atoms with Crippen LogP contribution in [0.2, 0.25) is 0 Å². The first kappa shape index (κ1) is 15.2. The van der Waals surface area contributed by atoms with Crippen molar-refractivity contribution >= 4 is 6.41 Å². The summed E-state index contributed by atoms with van der Waals surface area (Å²) in [4.78, 5) is 10.2. The van der Waals surface area contributed by atoms with Crippen LogP contribution in [0.3, 0.4) is 0 Å². The van der Waals surface area contributed by atoms with E-state index in [2.05, 4.69) is 10.1 Å². The fraction of sp³-hybridized carbons (Fsp3) is 0.900. The zero-order valence-electron chi connectivity index (χ0n) is 9.51. The van der Waals surface area contributed by atoms with E-state index in [1.165, 1.54) is 7.11 Å². The Hall–Kier alpha value is -0.780. The van der Waals surface area contributed by atoms with Crippen molar-refractivity contribution in [3.05, 3.63) is 0 Å². The van der Waals surface area contributed by atoms with Gasteiger partial charge in [-0.2, -0.15) is 13.2 Å². The quantitative estimate of drug-likeness (QED) is 0.661. The molecule has 1 N–H and O–H groups in total. The second-order valence-corrected chi connectivity index (χ2v) is 3.66. The van der Waals surface area contributed by atoms with Crippen molar-refractivity contribution in [2.75, 3.05) is 13.7 Å². The molecular weight excluding hydrogens is 223 g/mol. The fourth-order valence-electron chi connectivity index (χ4n) is 1.45. The first-order chi connectivity index (χ1) is 7.45. The summed E-state index contributed by atoms with van der Waals surface area (Å²) in [7, 11) is 1.25. The summed E-state index contributed by atoms with van der Waals surface area (Å²) in [5.74, 6) is -1.46. The second-order valence-electron chi connectivity index (χ2n) is 3.66. The van der Waals surface area contributed by atoms with E-state index < -0.39 is 12.1 Å². The molecule has 0 aromatic rings. The number of hydrogen-bond donors (Lipinski definition) is 1. The zero-order valence-corrected chi connectivity index (χ0v) is 9.51. The van der Waals surface area contributed by atoms with Gasteiger partial charge in [-0.05, 0) is 19.3 Å². The fourth-order valence-corrected chi connectivity index (χ4v) is 1.45. The van der Waals surface area contributed by atoms with Crippen LogP contribution in [0.15, 0.2) is 0 Å². The monoisotopic (exact) mass is 241 g/mol. The van der Waals surface area contributed by atoms with Crippen LogP contribution < -0.4 is 5.32 Å². The molecule has 0 heterocycles. The van der Waals surface area contributed by atoms with Crippen molar-refractivity contribution in [3.63, 3.8) is 0 Å². The predicted octanol–water partition coefficient (Wildman–Crippen LogP) is 2.12. The van der Waals surface area contributed by atoms with Gasteiger partial charge in [0, 0.05) is 13.2 Å². The van der Waals surface area contributed by atoms with Gasteiger partial charge in [0.05, 0.1) is 12.5 Å². The lowest BCUT2D eigenvalue weighted by Gasteiger charge is -2.21. The summed E-state index contributed by atoms with van der Waals surface area (Å²) in [6, 6.07) is -0.195. The lowest BCUT2D eigenvalue weighted by Crippen LogP contribution is -2.32. The summed E-state index contributed by atoms with van der Waals surface area (Å²) in [5, 5.41) is 2.49. The zero-order chi connectivity index (χ0) is 12.6. The van der Waals surface area contributed by atoms with Crippen molar-refractivity contribution in [1.82, 2.24) is 5.32 Å². The molecule has 0 aliphatic rings. The maximum atomic E-state index is 12.5. The third kappa shape index (κ3) is 5.95. The van der Waals surface area contributed by atoms with Gasteiger partial charge in [-0.3, -0.25) is 4.79 Å². The van der Waals surface area contributed by atoms with Gasteiger partial charge in [0.15, 0.2) is 0 Å². The lowest BCUT2D eigenvalue weighted by atomic mass is 9.99. The molecule has 0 radical (unpaired) electrons. The molecule has 1 unspecified atom stereocenters. The largest absolute Gasteiger partial charge is 0.394 e. The van der Waals surface area contributed by atoms with Crippen molar-refractivity contribution in [2.45, 2.75) is 38.4 Å². The minimum Gasteiger partial charge on any atom is -0.384 e. The molecule has 2 atom stereocenters. The summed E-state index contributed by atoms with van der Waals surface area (Å²) in [5.41, 5.74) is 0. The summed E-state index contributed by atoms with van der Waals surface area (Å²) < 4.78 is 42.0. The molecule has 0 aromatic carbocycles. The van der Waals surface area contributed by atoms with E-state index in [1.54, 1.807) is 0 Å². The lowest BCUT2D eigenvalue weighted by molar-refractivity contribution is -0.188. The molecule has 0 fully saturated rings. The van der Waals surface area contributed by atoms with Crippen LogP contribution >= 0.6 is 0 Å². The highest BCUT2D eigenvalue weighted by Gasteiger charge is 2.39. The summed E-state index contributed by atoms with van der Waals surface area (Å²) in [6.07, 6.45) is -2.82. The number of rotatable bonds is 8. The van der Waals surface area contributed by atoms with E-state index in [9.17, 15) is 18.0 Å². The number of methoxy groups -OCH3 is 1. The van der Waals surface area contributed by atoms with Gasteiger partial charge >= 0.3 is 6.18 Å². The molecule has 6 heteroatoms. The number of ether oxygens (including phenoxy) is 1. The third-order valence-corrected chi connectivity index (χ3v) is 2.49. The van der Waals surface area contributed by atoms with Crippen LogP contribution in [0.4, 0.5) is 13.2 Å². The number of nitrogens with one attached hydrogen (secondary N) is 1. The number of amides is 1. The molecule has 0 aliphatic carbocycles. The van der Waals surface area contributed by atoms with Gasteiger partial charge < -0.3 is 10.1 Å². The molecular formula is C10H18F3NO2. The molecule has 0 aromatic heterocycles. The maximum Gasteiger partial charge on any atom is 0.394 e. The molecule has 3 nitrogen and oxygen atoms in total. The van der Waals surface area contributed by atoms with Crippen LogP contribution in [0.1, 0.15) is 26.2 Å². The average Bonchev–Trinajstić information content (AvgIpc) is 2.20. The van der Waals surface area contributed by atoms with Crippen LogP contribution in [-0.4, -0.2) is 32.3 Å². The Labute approximate surface area is 93.3 Å². The molecule has 0 bridgehead atoms. The molecule has 96 valence electrons. The Kier molecular flexibility index (Phi) is 7.12. The van der Waals surface area contributed by atoms with Gasteiger partial charge in [0.25, 0.3) is 0 Å². The van der Waals surface area contributed by atoms with Crippen LogP contribution in [0, 0.1) is 5.92 Å². The SMILES string of the molecule is CCC(CC[C@@H](COC)C(F)(F)F)NC=O. The standard InChI is InChI=1S/C10H18F3NO2/c1-3-9(14-7-15)5-4-8(6-16-2)10(11,12)13/h7-9H,3-6H2,1-2H3,(H,14,15)/t8-,9?/m0/s1. The van der Waals surface area contributed by atoms with Gasteiger partial charge in [0.1, 0.15) is 0 Å². The van der Waals surface area contributed by atoms with Crippen molar-refractivity contribution in [3.8, 4) is 0 Å². The number of halogens is 3. The van der Waals surface area contributed by atoms with E-state index in [0.29, 0.717) is 19.3 Å². The minimum absolute atomic E-state index is 0.0311. The van der Waals surface area contributed by atoms with Crippen LogP contribution in [0.5, 0.6) is 0 Å². The second kappa shape index (κ2) is 7.49. The number of carbonyl (C=O) groups excluding carboxylic acids is 1. The van der Waals surface area contributed by atoms with Crippen LogP contribution in [0.25, 0.3) is 0 Å². The van der Waals surface area contributed by atoms with E-state index in [1.807, 2.05) is 6.92 Å². The Morgan fingerprint density at radius 2 is 2.00 bits per heavy atom. The van der Waals surface area contributed by atoms with Gasteiger partial charge in [0.2, 0.25) is 6.41 Å². The number of carbonyl (C=O) groups is 1. The molecule has 1 amide bonds. The predicted molar refractivity (Wildman–Crippen MR) is 53.9 cm³/mol. The highest BCUT2D eigenvalue weighted by atomic mass is 19.4. The van der Waals surface area contributed by atoms with Gasteiger partial charge in [-0.25, -0.2) is 0 Å². The minimum atomic E-state index is -4.24. The first-order valence-corrected chi connectivity index (χ1v) is 5.21. The van der Waals surface area contributed by atoms with Crippen molar-refractivity contribution < 1.29 is 22.7 Å². The molecule has 0 aliphatic heterocycles. The summed E-state index contributed by atoms with van der Waals surface area (Å²) >= 11 is 0. The Bertz CT molecular complexity index is 197. The Morgan fingerprint density at radius 1 is 1.38 bits per heavy atom. The topological polar surface area (TPSA) is 38.3 Å². The Balaban J connectivity index is 4.14. The van der Waals surface area contributed by atoms with Crippen LogP contribution in [-0.2, 0) is 9.53 Å². The van der Waals surface area contributed by atoms with E-state index in [-0.39, 0.29) is 19.1 Å². The van der Waals surface area contributed by atoms with E-state index in [4.69, 9.17) is 0 Å². The molecule has 0 spiro atoms.